The Hall–Kier alpha value is -3.21. The Kier molecular flexibility index (Phi) is 5.73. The van der Waals surface area contributed by atoms with Gasteiger partial charge in [0.05, 0.1) is 5.69 Å². The van der Waals surface area contributed by atoms with E-state index >= 15 is 0 Å². The van der Waals surface area contributed by atoms with Crippen LogP contribution < -0.4 is 9.64 Å². The minimum absolute atomic E-state index is 0.0164. The maximum absolute atomic E-state index is 13.8. The molecule has 0 radical (unpaired) electrons. The zero-order valence-electron chi connectivity index (χ0n) is 15.2. The minimum Gasteiger partial charge on any atom is -0.481 e. The van der Waals surface area contributed by atoms with Gasteiger partial charge in [-0.2, -0.15) is 5.26 Å². The van der Waals surface area contributed by atoms with Gasteiger partial charge in [0.1, 0.15) is 23.2 Å². The van der Waals surface area contributed by atoms with Crippen LogP contribution in [0.5, 0.6) is 5.75 Å². The molecule has 0 spiro atoms. The maximum atomic E-state index is 13.8. The predicted octanol–water partition coefficient (Wildman–Crippen LogP) is 3.09. The van der Waals surface area contributed by atoms with E-state index in [0.29, 0.717) is 31.9 Å². The molecule has 0 bridgehead atoms. The van der Waals surface area contributed by atoms with Crippen LogP contribution in [0.2, 0.25) is 0 Å². The number of halogens is 3. The van der Waals surface area contributed by atoms with Crippen molar-refractivity contribution in [3.05, 3.63) is 59.4 Å². The summed E-state index contributed by atoms with van der Waals surface area (Å²) in [6, 6.07) is 9.41. The number of hydrogen-bond donors (Lipinski definition) is 0. The third-order valence-corrected chi connectivity index (χ3v) is 4.59. The van der Waals surface area contributed by atoms with Crippen LogP contribution in [-0.4, -0.2) is 43.1 Å². The summed E-state index contributed by atoms with van der Waals surface area (Å²) in [5.74, 6) is -2.83. The van der Waals surface area contributed by atoms with Gasteiger partial charge in [0.2, 0.25) is 0 Å². The molecule has 1 heterocycles. The molecule has 3 rings (SSSR count). The smallest absolute Gasteiger partial charge is 0.263 e. The van der Waals surface area contributed by atoms with Crippen LogP contribution in [0.25, 0.3) is 0 Å². The second kappa shape index (κ2) is 8.21. The van der Waals surface area contributed by atoms with Crippen LogP contribution in [0.15, 0.2) is 36.4 Å². The fourth-order valence-corrected chi connectivity index (χ4v) is 3.12. The summed E-state index contributed by atoms with van der Waals surface area (Å²) in [6.45, 7) is 3.14. The van der Waals surface area contributed by atoms with Gasteiger partial charge in [0, 0.05) is 32.2 Å². The number of benzene rings is 2. The van der Waals surface area contributed by atoms with Crippen molar-refractivity contribution in [2.75, 3.05) is 31.1 Å². The van der Waals surface area contributed by atoms with Gasteiger partial charge in [-0.3, -0.25) is 4.79 Å². The molecule has 28 heavy (non-hydrogen) atoms. The van der Waals surface area contributed by atoms with E-state index in [9.17, 15) is 23.2 Å². The number of carbonyl (C=O) groups excluding carboxylic acids is 1. The summed E-state index contributed by atoms with van der Waals surface area (Å²) in [5, 5.41) is 9.17. The fourth-order valence-electron chi connectivity index (χ4n) is 3.12. The van der Waals surface area contributed by atoms with Crippen LogP contribution in [0.1, 0.15) is 12.5 Å². The highest BCUT2D eigenvalue weighted by molar-refractivity contribution is 5.81. The van der Waals surface area contributed by atoms with Gasteiger partial charge < -0.3 is 14.5 Å². The molecule has 1 saturated heterocycles. The van der Waals surface area contributed by atoms with Gasteiger partial charge in [-0.1, -0.05) is 6.07 Å². The van der Waals surface area contributed by atoms with E-state index in [2.05, 4.69) is 0 Å². The summed E-state index contributed by atoms with van der Waals surface area (Å²) in [5.41, 5.74) is 0.484. The molecule has 5 nitrogen and oxygen atoms in total. The first-order valence-corrected chi connectivity index (χ1v) is 8.74. The van der Waals surface area contributed by atoms with Crippen molar-refractivity contribution < 1.29 is 22.7 Å². The Morgan fingerprint density at radius 1 is 1.07 bits per heavy atom. The second-order valence-electron chi connectivity index (χ2n) is 6.39. The quantitative estimate of drug-likeness (QED) is 0.807. The van der Waals surface area contributed by atoms with Crippen LogP contribution in [-0.2, 0) is 4.79 Å². The standard InChI is InChI=1S/C20H18F3N3O2/c1-13(28-14-5-6-17(22)18(23)11-14)20(27)26-9-7-25(8-10-26)19-4-2-3-16(21)15(19)12-24/h2-6,11,13H,7-10H2,1H3. The molecule has 146 valence electrons. The molecular weight excluding hydrogens is 371 g/mol. The SMILES string of the molecule is CC(Oc1ccc(F)c(F)c1)C(=O)N1CCN(c2cccc(F)c2C#N)CC1. The maximum Gasteiger partial charge on any atom is 0.263 e. The highest BCUT2D eigenvalue weighted by atomic mass is 19.2. The summed E-state index contributed by atoms with van der Waals surface area (Å²) < 4.78 is 45.5. The number of anilines is 1. The lowest BCUT2D eigenvalue weighted by Gasteiger charge is -2.37. The molecule has 2 aromatic rings. The molecule has 1 atom stereocenters. The monoisotopic (exact) mass is 389 g/mol. The minimum atomic E-state index is -1.05. The normalized spacial score (nSPS) is 15.1. The Morgan fingerprint density at radius 2 is 1.79 bits per heavy atom. The lowest BCUT2D eigenvalue weighted by molar-refractivity contribution is -0.138. The van der Waals surface area contributed by atoms with Crippen LogP contribution in [0.4, 0.5) is 18.9 Å². The summed E-state index contributed by atoms with van der Waals surface area (Å²) in [7, 11) is 0. The number of carbonyl (C=O) groups is 1. The van der Waals surface area contributed by atoms with Gasteiger partial charge in [-0.25, -0.2) is 13.2 Å². The number of nitrogens with zero attached hydrogens (tertiary/aromatic N) is 3. The largest absolute Gasteiger partial charge is 0.481 e. The number of rotatable bonds is 4. The highest BCUT2D eigenvalue weighted by Crippen LogP contribution is 2.24. The zero-order chi connectivity index (χ0) is 20.3. The zero-order valence-corrected chi connectivity index (χ0v) is 15.2. The number of ether oxygens (including phenoxy) is 1. The molecular formula is C20H18F3N3O2. The van der Waals surface area contributed by atoms with E-state index in [1.807, 2.05) is 11.0 Å². The van der Waals surface area contributed by atoms with Gasteiger partial charge in [-0.05, 0) is 31.2 Å². The van der Waals surface area contributed by atoms with Crippen molar-refractivity contribution in [1.82, 2.24) is 4.90 Å². The summed E-state index contributed by atoms with van der Waals surface area (Å²) >= 11 is 0. The van der Waals surface area contributed by atoms with E-state index in [1.54, 1.807) is 17.0 Å². The van der Waals surface area contributed by atoms with Crippen molar-refractivity contribution in [2.24, 2.45) is 0 Å². The lowest BCUT2D eigenvalue weighted by Crippen LogP contribution is -2.52. The van der Waals surface area contributed by atoms with Crippen molar-refractivity contribution in [2.45, 2.75) is 13.0 Å². The Bertz CT molecular complexity index is 921. The van der Waals surface area contributed by atoms with Gasteiger partial charge in [0.25, 0.3) is 5.91 Å². The first-order chi connectivity index (χ1) is 13.4. The molecule has 1 aliphatic rings. The summed E-state index contributed by atoms with van der Waals surface area (Å²) in [6.07, 6.45) is -0.875. The van der Waals surface area contributed by atoms with E-state index < -0.39 is 23.6 Å². The lowest BCUT2D eigenvalue weighted by atomic mass is 10.1. The van der Waals surface area contributed by atoms with Gasteiger partial charge in [0.15, 0.2) is 17.7 Å². The number of amides is 1. The van der Waals surface area contributed by atoms with E-state index in [4.69, 9.17) is 4.74 Å². The first-order valence-electron chi connectivity index (χ1n) is 8.74. The third-order valence-electron chi connectivity index (χ3n) is 4.59. The van der Waals surface area contributed by atoms with Gasteiger partial charge >= 0.3 is 0 Å². The number of nitriles is 1. The molecule has 8 heteroatoms. The van der Waals surface area contributed by atoms with Crippen LogP contribution >= 0.6 is 0 Å². The average Bonchev–Trinajstić information content (AvgIpc) is 2.70. The highest BCUT2D eigenvalue weighted by Gasteiger charge is 2.27. The van der Waals surface area contributed by atoms with E-state index in [1.165, 1.54) is 19.1 Å². The average molecular weight is 389 g/mol. The van der Waals surface area contributed by atoms with Crippen LogP contribution in [0.3, 0.4) is 0 Å². The van der Waals surface area contributed by atoms with Crippen molar-refractivity contribution in [3.63, 3.8) is 0 Å². The predicted molar refractivity (Wildman–Crippen MR) is 96.4 cm³/mol. The molecule has 1 fully saturated rings. The van der Waals surface area contributed by atoms with Crippen molar-refractivity contribution in [3.8, 4) is 11.8 Å². The first kappa shape index (κ1) is 19.5. The number of piperazine rings is 1. The molecule has 0 saturated carbocycles. The van der Waals surface area contributed by atoms with Crippen LogP contribution in [0, 0.1) is 28.8 Å². The molecule has 0 N–H and O–H groups in total. The molecule has 1 aliphatic heterocycles. The summed E-state index contributed by atoms with van der Waals surface area (Å²) in [4.78, 5) is 16.0. The third kappa shape index (κ3) is 4.03. The number of hydrogen-bond acceptors (Lipinski definition) is 4. The Balaban J connectivity index is 1.61. The fraction of sp³-hybridized carbons (Fsp3) is 0.300. The topological polar surface area (TPSA) is 56.6 Å². The molecule has 0 aliphatic carbocycles. The Labute approximate surface area is 160 Å². The molecule has 2 aromatic carbocycles. The van der Waals surface area contributed by atoms with E-state index in [-0.39, 0.29) is 17.2 Å². The molecule has 1 unspecified atom stereocenters. The second-order valence-corrected chi connectivity index (χ2v) is 6.39. The Morgan fingerprint density at radius 3 is 2.43 bits per heavy atom. The van der Waals surface area contributed by atoms with Crippen molar-refractivity contribution in [1.29, 1.82) is 5.26 Å². The van der Waals surface area contributed by atoms with Gasteiger partial charge in [-0.15, -0.1) is 0 Å². The van der Waals surface area contributed by atoms with Crippen molar-refractivity contribution >= 4 is 11.6 Å². The molecule has 0 aromatic heterocycles. The van der Waals surface area contributed by atoms with E-state index in [0.717, 1.165) is 12.1 Å². The molecule has 1 amide bonds.